The van der Waals surface area contributed by atoms with Crippen LogP contribution in [0.15, 0.2) is 42.5 Å². The fourth-order valence-electron chi connectivity index (χ4n) is 2.73. The van der Waals surface area contributed by atoms with E-state index in [9.17, 15) is 4.79 Å². The topological polar surface area (TPSA) is 38.3 Å². The lowest BCUT2D eigenvalue weighted by atomic mass is 9.95. The molecule has 0 aromatic heterocycles. The van der Waals surface area contributed by atoms with Crippen LogP contribution in [0.3, 0.4) is 0 Å². The SMILES string of the molecule is Cc1cccc(C)c1NC(=O)[C@@H]1COc2ccccc2C1. The highest BCUT2D eigenvalue weighted by atomic mass is 16.5. The Bertz CT molecular complexity index is 658. The van der Waals surface area contributed by atoms with E-state index in [1.165, 1.54) is 0 Å². The summed E-state index contributed by atoms with van der Waals surface area (Å²) in [6.45, 7) is 4.46. The Morgan fingerprint density at radius 3 is 2.57 bits per heavy atom. The molecular weight excluding hydrogens is 262 g/mol. The van der Waals surface area contributed by atoms with Gasteiger partial charge in [-0.05, 0) is 43.0 Å². The second-order valence-corrected chi connectivity index (χ2v) is 5.58. The van der Waals surface area contributed by atoms with Crippen molar-refractivity contribution in [3.05, 3.63) is 59.2 Å². The van der Waals surface area contributed by atoms with Crippen molar-refractivity contribution in [1.82, 2.24) is 0 Å². The Hall–Kier alpha value is -2.29. The summed E-state index contributed by atoms with van der Waals surface area (Å²) in [5.41, 5.74) is 4.19. The molecule has 0 saturated carbocycles. The maximum absolute atomic E-state index is 12.5. The number of hydrogen-bond acceptors (Lipinski definition) is 2. The molecule has 2 aromatic carbocycles. The first-order chi connectivity index (χ1) is 10.1. The minimum Gasteiger partial charge on any atom is -0.492 e. The van der Waals surface area contributed by atoms with Gasteiger partial charge in [0.05, 0.1) is 5.92 Å². The van der Waals surface area contributed by atoms with Crippen LogP contribution in [0.5, 0.6) is 5.75 Å². The summed E-state index contributed by atoms with van der Waals surface area (Å²) < 4.78 is 5.69. The van der Waals surface area contributed by atoms with Crippen LogP contribution in [-0.4, -0.2) is 12.5 Å². The van der Waals surface area contributed by atoms with E-state index < -0.39 is 0 Å². The normalized spacial score (nSPS) is 16.8. The van der Waals surface area contributed by atoms with E-state index >= 15 is 0 Å². The minimum absolute atomic E-state index is 0.0295. The number of carbonyl (C=O) groups excluding carboxylic acids is 1. The smallest absolute Gasteiger partial charge is 0.231 e. The van der Waals surface area contributed by atoms with Crippen molar-refractivity contribution in [2.24, 2.45) is 5.92 Å². The van der Waals surface area contributed by atoms with Gasteiger partial charge in [0.2, 0.25) is 5.91 Å². The molecule has 2 aromatic rings. The summed E-state index contributed by atoms with van der Waals surface area (Å²) >= 11 is 0. The number of nitrogens with one attached hydrogen (secondary N) is 1. The molecule has 0 radical (unpaired) electrons. The van der Waals surface area contributed by atoms with Crippen molar-refractivity contribution < 1.29 is 9.53 Å². The van der Waals surface area contributed by atoms with E-state index in [4.69, 9.17) is 4.74 Å². The number of hydrogen-bond donors (Lipinski definition) is 1. The number of ether oxygens (including phenoxy) is 1. The summed E-state index contributed by atoms with van der Waals surface area (Å²) in [5.74, 6) is 0.787. The Morgan fingerprint density at radius 1 is 1.10 bits per heavy atom. The molecule has 1 N–H and O–H groups in total. The maximum Gasteiger partial charge on any atom is 0.231 e. The average Bonchev–Trinajstić information content (AvgIpc) is 2.50. The van der Waals surface area contributed by atoms with Crippen molar-refractivity contribution in [1.29, 1.82) is 0 Å². The van der Waals surface area contributed by atoms with Gasteiger partial charge in [-0.2, -0.15) is 0 Å². The summed E-state index contributed by atoms with van der Waals surface area (Å²) in [5, 5.41) is 3.06. The van der Waals surface area contributed by atoms with Gasteiger partial charge in [-0.3, -0.25) is 4.79 Å². The molecule has 0 fully saturated rings. The van der Waals surface area contributed by atoms with E-state index in [1.54, 1.807) is 0 Å². The molecule has 1 atom stereocenters. The molecule has 0 saturated heterocycles. The second-order valence-electron chi connectivity index (χ2n) is 5.58. The second kappa shape index (κ2) is 5.60. The molecule has 3 nitrogen and oxygen atoms in total. The molecular formula is C18H19NO2. The highest BCUT2D eigenvalue weighted by Gasteiger charge is 2.26. The summed E-state index contributed by atoms with van der Waals surface area (Å²) in [4.78, 5) is 12.5. The largest absolute Gasteiger partial charge is 0.492 e. The molecule has 0 aliphatic carbocycles. The molecule has 1 heterocycles. The monoisotopic (exact) mass is 281 g/mol. The number of rotatable bonds is 2. The van der Waals surface area contributed by atoms with Crippen LogP contribution in [0.2, 0.25) is 0 Å². The summed E-state index contributed by atoms with van der Waals surface area (Å²) in [7, 11) is 0. The van der Waals surface area contributed by atoms with Gasteiger partial charge in [0, 0.05) is 5.69 Å². The predicted octanol–water partition coefficient (Wildman–Crippen LogP) is 3.49. The van der Waals surface area contributed by atoms with Gasteiger partial charge in [-0.25, -0.2) is 0 Å². The molecule has 108 valence electrons. The lowest BCUT2D eigenvalue weighted by Gasteiger charge is -2.25. The van der Waals surface area contributed by atoms with Crippen LogP contribution in [0, 0.1) is 19.8 Å². The van der Waals surface area contributed by atoms with Crippen molar-refractivity contribution in [3.8, 4) is 5.75 Å². The van der Waals surface area contributed by atoms with Gasteiger partial charge in [0.25, 0.3) is 0 Å². The maximum atomic E-state index is 12.5. The Balaban J connectivity index is 1.76. The number of aryl methyl sites for hydroxylation is 2. The number of fused-ring (bicyclic) bond motifs is 1. The Kier molecular flexibility index (Phi) is 3.65. The van der Waals surface area contributed by atoms with Gasteiger partial charge in [-0.1, -0.05) is 36.4 Å². The lowest BCUT2D eigenvalue weighted by Crippen LogP contribution is -2.32. The number of para-hydroxylation sites is 2. The zero-order valence-corrected chi connectivity index (χ0v) is 12.3. The number of amides is 1. The van der Waals surface area contributed by atoms with Crippen LogP contribution >= 0.6 is 0 Å². The molecule has 3 heteroatoms. The molecule has 0 unspecified atom stereocenters. The zero-order chi connectivity index (χ0) is 14.8. The quantitative estimate of drug-likeness (QED) is 0.915. The summed E-state index contributed by atoms with van der Waals surface area (Å²) in [6.07, 6.45) is 0.729. The molecule has 1 aliphatic rings. The fourth-order valence-corrected chi connectivity index (χ4v) is 2.73. The van der Waals surface area contributed by atoms with Crippen molar-refractivity contribution >= 4 is 11.6 Å². The summed E-state index contributed by atoms with van der Waals surface area (Å²) in [6, 6.07) is 13.9. The van der Waals surface area contributed by atoms with Crippen LogP contribution < -0.4 is 10.1 Å². The van der Waals surface area contributed by atoms with Gasteiger partial charge < -0.3 is 10.1 Å². The van der Waals surface area contributed by atoms with E-state index in [0.29, 0.717) is 6.61 Å². The minimum atomic E-state index is -0.140. The Morgan fingerprint density at radius 2 is 1.81 bits per heavy atom. The van der Waals surface area contributed by atoms with Crippen LogP contribution in [-0.2, 0) is 11.2 Å². The van der Waals surface area contributed by atoms with Crippen LogP contribution in [0.4, 0.5) is 5.69 Å². The molecule has 3 rings (SSSR count). The molecule has 21 heavy (non-hydrogen) atoms. The van der Waals surface area contributed by atoms with Gasteiger partial charge in [-0.15, -0.1) is 0 Å². The highest BCUT2D eigenvalue weighted by molar-refractivity contribution is 5.94. The predicted molar refractivity (Wildman–Crippen MR) is 83.7 cm³/mol. The molecule has 0 bridgehead atoms. The first kappa shape index (κ1) is 13.7. The van der Waals surface area contributed by atoms with Gasteiger partial charge >= 0.3 is 0 Å². The highest BCUT2D eigenvalue weighted by Crippen LogP contribution is 2.28. The third-order valence-electron chi connectivity index (χ3n) is 3.98. The third kappa shape index (κ3) is 2.77. The zero-order valence-electron chi connectivity index (χ0n) is 12.3. The molecule has 0 spiro atoms. The van der Waals surface area contributed by atoms with Gasteiger partial charge in [0.1, 0.15) is 12.4 Å². The van der Waals surface area contributed by atoms with Crippen LogP contribution in [0.1, 0.15) is 16.7 Å². The fraction of sp³-hybridized carbons (Fsp3) is 0.278. The van der Waals surface area contributed by atoms with Crippen molar-refractivity contribution in [2.75, 3.05) is 11.9 Å². The van der Waals surface area contributed by atoms with Gasteiger partial charge in [0.15, 0.2) is 0 Å². The first-order valence-electron chi connectivity index (χ1n) is 7.23. The van der Waals surface area contributed by atoms with Crippen molar-refractivity contribution in [3.63, 3.8) is 0 Å². The van der Waals surface area contributed by atoms with E-state index in [0.717, 1.165) is 34.5 Å². The van der Waals surface area contributed by atoms with E-state index in [2.05, 4.69) is 5.32 Å². The van der Waals surface area contributed by atoms with Crippen molar-refractivity contribution in [2.45, 2.75) is 20.3 Å². The molecule has 1 aliphatic heterocycles. The van der Waals surface area contributed by atoms with Crippen LogP contribution in [0.25, 0.3) is 0 Å². The lowest BCUT2D eigenvalue weighted by molar-refractivity contribution is -0.121. The number of carbonyl (C=O) groups is 1. The number of anilines is 1. The molecule has 1 amide bonds. The third-order valence-corrected chi connectivity index (χ3v) is 3.98. The van der Waals surface area contributed by atoms with E-state index in [-0.39, 0.29) is 11.8 Å². The average molecular weight is 281 g/mol. The van der Waals surface area contributed by atoms with E-state index in [1.807, 2.05) is 56.3 Å². The standard InChI is InChI=1S/C18H19NO2/c1-12-6-5-7-13(2)17(12)19-18(20)15-10-14-8-3-4-9-16(14)21-11-15/h3-9,15H,10-11H2,1-2H3,(H,19,20)/t15-/m0/s1. The number of benzene rings is 2. The Labute approximate surface area is 124 Å². The first-order valence-corrected chi connectivity index (χ1v) is 7.23.